The predicted octanol–water partition coefficient (Wildman–Crippen LogP) is 0.0712. The molecule has 0 aromatic rings. The van der Waals surface area contributed by atoms with E-state index in [0.29, 0.717) is 0 Å². The van der Waals surface area contributed by atoms with Crippen molar-refractivity contribution in [3.05, 3.63) is 0 Å². The van der Waals surface area contributed by atoms with Crippen LogP contribution in [0.4, 0.5) is 0 Å². The Morgan fingerprint density at radius 1 is 1.67 bits per heavy atom. The van der Waals surface area contributed by atoms with Gasteiger partial charge >= 0.3 is 5.97 Å². The molecule has 7 heteroatoms. The van der Waals surface area contributed by atoms with Crippen molar-refractivity contribution in [3.8, 4) is 6.07 Å². The Hall–Kier alpha value is -1.13. The molecular formula is C8H14N2O4S. The average Bonchev–Trinajstić information content (AvgIpc) is 2.15. The summed E-state index contributed by atoms with van der Waals surface area (Å²) in [4.78, 5) is 10.8. The summed E-state index contributed by atoms with van der Waals surface area (Å²) >= 11 is 0. The van der Waals surface area contributed by atoms with Crippen LogP contribution in [0.1, 0.15) is 27.2 Å². The van der Waals surface area contributed by atoms with Crippen LogP contribution < -0.4 is 4.72 Å². The fraction of sp³-hybridized carbons (Fsp3) is 0.750. The quantitative estimate of drug-likeness (QED) is 0.700. The molecule has 0 aliphatic carbocycles. The molecule has 0 fully saturated rings. The minimum atomic E-state index is -3.92. The van der Waals surface area contributed by atoms with Crippen LogP contribution in [-0.4, -0.2) is 30.3 Å². The van der Waals surface area contributed by atoms with Gasteiger partial charge in [0.1, 0.15) is 5.54 Å². The van der Waals surface area contributed by atoms with Crippen molar-refractivity contribution in [2.75, 3.05) is 0 Å². The molecule has 2 atom stereocenters. The Kier molecular flexibility index (Phi) is 4.25. The van der Waals surface area contributed by atoms with E-state index in [4.69, 9.17) is 10.4 Å². The first kappa shape index (κ1) is 13.9. The first-order valence-corrected chi connectivity index (χ1v) is 5.90. The maximum absolute atomic E-state index is 11.4. The first-order valence-electron chi connectivity index (χ1n) is 4.35. The van der Waals surface area contributed by atoms with Crippen LogP contribution in [0.25, 0.3) is 0 Å². The molecule has 2 N–H and O–H groups in total. The van der Waals surface area contributed by atoms with Gasteiger partial charge in [0.25, 0.3) is 0 Å². The van der Waals surface area contributed by atoms with Gasteiger partial charge in [0.2, 0.25) is 10.0 Å². The molecule has 0 aliphatic rings. The molecule has 0 saturated heterocycles. The molecule has 6 nitrogen and oxygen atoms in total. The Labute approximate surface area is 89.0 Å². The fourth-order valence-electron chi connectivity index (χ4n) is 0.739. The molecule has 0 saturated carbocycles. The molecule has 0 rings (SSSR count). The summed E-state index contributed by atoms with van der Waals surface area (Å²) in [6.45, 7) is 4.00. The van der Waals surface area contributed by atoms with Crippen molar-refractivity contribution in [1.82, 2.24) is 4.72 Å². The Balaban J connectivity index is 5.03. The molecule has 15 heavy (non-hydrogen) atoms. The highest BCUT2D eigenvalue weighted by atomic mass is 32.2. The average molecular weight is 234 g/mol. The van der Waals surface area contributed by atoms with Crippen molar-refractivity contribution >= 4 is 16.0 Å². The van der Waals surface area contributed by atoms with Crippen molar-refractivity contribution in [2.24, 2.45) is 0 Å². The van der Waals surface area contributed by atoms with Crippen LogP contribution in [0, 0.1) is 11.3 Å². The molecule has 0 heterocycles. The molecule has 0 aliphatic heterocycles. The van der Waals surface area contributed by atoms with Crippen LogP contribution in [0.5, 0.6) is 0 Å². The number of hydrogen-bond acceptors (Lipinski definition) is 4. The third-order valence-corrected chi connectivity index (χ3v) is 3.97. The van der Waals surface area contributed by atoms with Crippen molar-refractivity contribution in [1.29, 1.82) is 5.26 Å². The van der Waals surface area contributed by atoms with Crippen LogP contribution in [0.3, 0.4) is 0 Å². The summed E-state index contributed by atoms with van der Waals surface area (Å²) < 4.78 is 24.9. The maximum Gasteiger partial charge on any atom is 0.324 e. The molecule has 2 unspecified atom stereocenters. The molecule has 0 aromatic carbocycles. The Bertz CT molecular complexity index is 384. The van der Waals surface area contributed by atoms with E-state index in [1.165, 1.54) is 13.8 Å². The van der Waals surface area contributed by atoms with E-state index in [-0.39, 0.29) is 6.42 Å². The van der Waals surface area contributed by atoms with Crippen LogP contribution in [-0.2, 0) is 14.8 Å². The summed E-state index contributed by atoms with van der Waals surface area (Å²) in [5, 5.41) is 16.0. The lowest BCUT2D eigenvalue weighted by Crippen LogP contribution is -2.53. The molecule has 0 spiro atoms. The second-order valence-electron chi connectivity index (χ2n) is 3.41. The summed E-state index contributed by atoms with van der Waals surface area (Å²) in [6.07, 6.45) is 0.0969. The Morgan fingerprint density at radius 2 is 2.13 bits per heavy atom. The molecular weight excluding hydrogens is 220 g/mol. The maximum atomic E-state index is 11.4. The number of nitrogens with zero attached hydrogens (tertiary/aromatic N) is 1. The van der Waals surface area contributed by atoms with E-state index in [2.05, 4.69) is 0 Å². The van der Waals surface area contributed by atoms with Gasteiger partial charge in [-0.15, -0.1) is 0 Å². The van der Waals surface area contributed by atoms with E-state index < -0.39 is 26.8 Å². The number of hydrogen-bond donors (Lipinski definition) is 2. The minimum absolute atomic E-state index is 0.0969. The van der Waals surface area contributed by atoms with Crippen LogP contribution in [0.2, 0.25) is 0 Å². The largest absolute Gasteiger partial charge is 0.480 e. The minimum Gasteiger partial charge on any atom is -0.480 e. The number of carboxylic acids is 1. The highest BCUT2D eigenvalue weighted by Crippen LogP contribution is 2.12. The predicted molar refractivity (Wildman–Crippen MR) is 53.5 cm³/mol. The van der Waals surface area contributed by atoms with Gasteiger partial charge in [0.05, 0.1) is 6.07 Å². The molecule has 0 radical (unpaired) electrons. The van der Waals surface area contributed by atoms with Crippen molar-refractivity contribution in [3.63, 3.8) is 0 Å². The summed E-state index contributed by atoms with van der Waals surface area (Å²) in [5.41, 5.74) is -1.57. The highest BCUT2D eigenvalue weighted by molar-refractivity contribution is 7.90. The lowest BCUT2D eigenvalue weighted by atomic mass is 10.0. The van der Waals surface area contributed by atoms with E-state index >= 15 is 0 Å². The Morgan fingerprint density at radius 3 is 2.40 bits per heavy atom. The normalized spacial score (nSPS) is 17.5. The van der Waals surface area contributed by atoms with Crippen molar-refractivity contribution < 1.29 is 18.3 Å². The highest BCUT2D eigenvalue weighted by Gasteiger charge is 2.37. The zero-order valence-electron chi connectivity index (χ0n) is 8.81. The smallest absolute Gasteiger partial charge is 0.324 e. The van der Waals surface area contributed by atoms with Gasteiger partial charge in [-0.05, 0) is 20.3 Å². The van der Waals surface area contributed by atoms with Gasteiger partial charge in [0.15, 0.2) is 5.25 Å². The first-order chi connectivity index (χ1) is 6.69. The van der Waals surface area contributed by atoms with E-state index in [1.54, 1.807) is 13.0 Å². The van der Waals surface area contributed by atoms with E-state index in [0.717, 1.165) is 0 Å². The lowest BCUT2D eigenvalue weighted by molar-refractivity contribution is -0.143. The number of rotatable bonds is 5. The third kappa shape index (κ3) is 3.18. The fourth-order valence-corrected chi connectivity index (χ4v) is 1.91. The zero-order chi connectivity index (χ0) is 12.3. The van der Waals surface area contributed by atoms with E-state index in [1.807, 2.05) is 4.72 Å². The van der Waals surface area contributed by atoms with Gasteiger partial charge in [-0.25, -0.2) is 8.42 Å². The second-order valence-corrected chi connectivity index (χ2v) is 5.41. The standard InChI is InChI=1S/C8H14N2O4S/c1-4-8(3,7(11)12)10-15(13,14)6(2)5-9/h6,10H,4H2,1-3H3,(H,11,12). The van der Waals surface area contributed by atoms with Gasteiger partial charge in [0, 0.05) is 0 Å². The molecule has 86 valence electrons. The molecule has 0 amide bonds. The number of sulfonamides is 1. The number of nitriles is 1. The number of aliphatic carboxylic acids is 1. The SMILES string of the molecule is CCC(C)(NS(=O)(=O)C(C)C#N)C(=O)O. The summed E-state index contributed by atoms with van der Waals surface area (Å²) in [5.74, 6) is -1.27. The number of nitrogens with one attached hydrogen (secondary N) is 1. The number of carbonyl (C=O) groups is 1. The van der Waals surface area contributed by atoms with Gasteiger partial charge in [-0.3, -0.25) is 4.79 Å². The monoisotopic (exact) mass is 234 g/mol. The van der Waals surface area contributed by atoms with Gasteiger partial charge in [-0.1, -0.05) is 6.92 Å². The molecule has 0 bridgehead atoms. The summed E-state index contributed by atoms with van der Waals surface area (Å²) in [7, 11) is -3.92. The third-order valence-electron chi connectivity index (χ3n) is 2.19. The molecule has 0 aromatic heterocycles. The topological polar surface area (TPSA) is 107 Å². The van der Waals surface area contributed by atoms with Crippen molar-refractivity contribution in [2.45, 2.75) is 38.0 Å². The van der Waals surface area contributed by atoms with Gasteiger partial charge < -0.3 is 5.11 Å². The van der Waals surface area contributed by atoms with E-state index in [9.17, 15) is 13.2 Å². The van der Waals surface area contributed by atoms with Crippen LogP contribution >= 0.6 is 0 Å². The zero-order valence-corrected chi connectivity index (χ0v) is 9.63. The lowest BCUT2D eigenvalue weighted by Gasteiger charge is -2.24. The second kappa shape index (κ2) is 4.59. The van der Waals surface area contributed by atoms with Gasteiger partial charge in [-0.2, -0.15) is 9.98 Å². The summed E-state index contributed by atoms with van der Waals surface area (Å²) in [6, 6.07) is 1.55. The number of carboxylic acid groups (broad SMARTS) is 1. The van der Waals surface area contributed by atoms with Crippen LogP contribution in [0.15, 0.2) is 0 Å².